The third-order valence-corrected chi connectivity index (χ3v) is 4.15. The Bertz CT molecular complexity index is 435. The number of nitrogens with zero attached hydrogens (tertiary/aromatic N) is 1. The molecule has 2 rings (SSSR count). The first kappa shape index (κ1) is 17.0. The van der Waals surface area contributed by atoms with Crippen molar-refractivity contribution in [2.75, 3.05) is 26.2 Å². The summed E-state index contributed by atoms with van der Waals surface area (Å²) in [6.07, 6.45) is 5.63. The Morgan fingerprint density at radius 2 is 2.05 bits per heavy atom. The van der Waals surface area contributed by atoms with Crippen LogP contribution in [-0.4, -0.2) is 48.3 Å². The van der Waals surface area contributed by atoms with Gasteiger partial charge in [0, 0.05) is 26.1 Å². The Morgan fingerprint density at radius 3 is 2.82 bits per heavy atom. The van der Waals surface area contributed by atoms with Crippen LogP contribution in [0.15, 0.2) is 30.3 Å². The van der Waals surface area contributed by atoms with Gasteiger partial charge in [-0.3, -0.25) is 4.79 Å². The van der Waals surface area contributed by atoms with E-state index in [1.54, 1.807) is 0 Å². The van der Waals surface area contributed by atoms with Gasteiger partial charge in [-0.25, -0.2) is 0 Å². The molecule has 1 aromatic rings. The molecule has 1 aliphatic rings. The van der Waals surface area contributed by atoms with Crippen molar-refractivity contribution < 1.29 is 14.6 Å². The number of rotatable bonds is 10. The summed E-state index contributed by atoms with van der Waals surface area (Å²) in [5.74, 6) is -0.693. The lowest BCUT2D eigenvalue weighted by Crippen LogP contribution is -2.24. The third kappa shape index (κ3) is 6.58. The maximum atomic E-state index is 10.5. The van der Waals surface area contributed by atoms with Gasteiger partial charge in [-0.1, -0.05) is 30.3 Å². The molecule has 0 spiro atoms. The molecule has 1 aromatic carbocycles. The van der Waals surface area contributed by atoms with Crippen LogP contribution in [0.4, 0.5) is 0 Å². The number of likely N-dealkylation sites (tertiary alicyclic amines) is 1. The first-order valence-corrected chi connectivity index (χ1v) is 8.34. The average Bonchev–Trinajstić information content (AvgIpc) is 2.97. The molecule has 1 unspecified atom stereocenters. The SMILES string of the molecule is O=C(O)CCCCN1CCC(OCCCc2ccccc2)C1. The van der Waals surface area contributed by atoms with Gasteiger partial charge < -0.3 is 14.7 Å². The Labute approximate surface area is 133 Å². The number of hydrogen-bond donors (Lipinski definition) is 1. The van der Waals surface area contributed by atoms with E-state index in [-0.39, 0.29) is 6.42 Å². The molecule has 0 saturated carbocycles. The molecule has 4 heteroatoms. The quantitative estimate of drug-likeness (QED) is 0.675. The van der Waals surface area contributed by atoms with Gasteiger partial charge in [0.25, 0.3) is 0 Å². The van der Waals surface area contributed by atoms with Crippen molar-refractivity contribution in [2.24, 2.45) is 0 Å². The highest BCUT2D eigenvalue weighted by Gasteiger charge is 2.22. The normalized spacial score (nSPS) is 18.6. The Balaban J connectivity index is 1.50. The molecule has 122 valence electrons. The number of ether oxygens (including phenoxy) is 1. The van der Waals surface area contributed by atoms with Gasteiger partial charge in [-0.15, -0.1) is 0 Å². The first-order chi connectivity index (χ1) is 10.7. The van der Waals surface area contributed by atoms with Crippen molar-refractivity contribution in [3.8, 4) is 0 Å². The predicted molar refractivity (Wildman–Crippen MR) is 87.0 cm³/mol. The number of carboxylic acids is 1. The molecule has 1 atom stereocenters. The molecule has 1 heterocycles. The number of benzene rings is 1. The molecule has 0 radical (unpaired) electrons. The monoisotopic (exact) mass is 305 g/mol. The van der Waals surface area contributed by atoms with Crippen LogP contribution in [0.1, 0.15) is 37.7 Å². The van der Waals surface area contributed by atoms with E-state index < -0.39 is 5.97 Å². The smallest absolute Gasteiger partial charge is 0.303 e. The third-order valence-electron chi connectivity index (χ3n) is 4.15. The molecule has 22 heavy (non-hydrogen) atoms. The van der Waals surface area contributed by atoms with Crippen LogP contribution >= 0.6 is 0 Å². The topological polar surface area (TPSA) is 49.8 Å². The van der Waals surface area contributed by atoms with Gasteiger partial charge in [0.2, 0.25) is 0 Å². The minimum atomic E-state index is -0.693. The molecule has 1 aliphatic heterocycles. The van der Waals surface area contributed by atoms with Gasteiger partial charge in [-0.2, -0.15) is 0 Å². The number of unbranched alkanes of at least 4 members (excludes halogenated alkanes) is 1. The zero-order valence-electron chi connectivity index (χ0n) is 13.2. The summed E-state index contributed by atoms with van der Waals surface area (Å²) >= 11 is 0. The maximum absolute atomic E-state index is 10.5. The van der Waals surface area contributed by atoms with Crippen molar-refractivity contribution in [2.45, 2.75) is 44.6 Å². The lowest BCUT2D eigenvalue weighted by Gasteiger charge is -2.16. The van der Waals surface area contributed by atoms with Crippen molar-refractivity contribution in [1.29, 1.82) is 0 Å². The van der Waals surface area contributed by atoms with E-state index in [4.69, 9.17) is 9.84 Å². The summed E-state index contributed by atoms with van der Waals surface area (Å²) < 4.78 is 5.96. The number of aliphatic carboxylic acids is 1. The molecule has 0 bridgehead atoms. The summed E-state index contributed by atoms with van der Waals surface area (Å²) in [6.45, 7) is 3.90. The molecule has 0 amide bonds. The lowest BCUT2D eigenvalue weighted by molar-refractivity contribution is -0.137. The molecule has 0 aliphatic carbocycles. The standard InChI is InChI=1S/C18H27NO3/c20-18(21)10-4-5-12-19-13-11-17(15-19)22-14-6-9-16-7-2-1-3-8-16/h1-3,7-8,17H,4-6,9-15H2,(H,20,21). The number of hydrogen-bond acceptors (Lipinski definition) is 3. The van der Waals surface area contributed by atoms with Crippen LogP contribution in [0.3, 0.4) is 0 Å². The van der Waals surface area contributed by atoms with Gasteiger partial charge in [-0.05, 0) is 44.2 Å². The highest BCUT2D eigenvalue weighted by atomic mass is 16.5. The molecule has 1 saturated heterocycles. The van der Waals surface area contributed by atoms with E-state index in [0.717, 1.165) is 58.3 Å². The summed E-state index contributed by atoms with van der Waals surface area (Å²) in [6, 6.07) is 10.5. The highest BCUT2D eigenvalue weighted by molar-refractivity contribution is 5.66. The fourth-order valence-corrected chi connectivity index (χ4v) is 2.92. The fourth-order valence-electron chi connectivity index (χ4n) is 2.92. The molecular weight excluding hydrogens is 278 g/mol. The summed E-state index contributed by atoms with van der Waals surface area (Å²) in [7, 11) is 0. The minimum absolute atomic E-state index is 0.285. The van der Waals surface area contributed by atoms with E-state index >= 15 is 0 Å². The zero-order chi connectivity index (χ0) is 15.6. The van der Waals surface area contributed by atoms with Crippen molar-refractivity contribution in [3.63, 3.8) is 0 Å². The second kappa shape index (κ2) is 9.59. The second-order valence-corrected chi connectivity index (χ2v) is 6.02. The van der Waals surface area contributed by atoms with E-state index in [2.05, 4.69) is 29.2 Å². The second-order valence-electron chi connectivity index (χ2n) is 6.02. The number of carbonyl (C=O) groups is 1. The number of aryl methyl sites for hydroxylation is 1. The van der Waals surface area contributed by atoms with Gasteiger partial charge in [0.1, 0.15) is 0 Å². The predicted octanol–water partition coefficient (Wildman–Crippen LogP) is 2.97. The van der Waals surface area contributed by atoms with E-state index in [0.29, 0.717) is 6.10 Å². The molecular formula is C18H27NO3. The van der Waals surface area contributed by atoms with Crippen molar-refractivity contribution >= 4 is 5.97 Å². The Hall–Kier alpha value is -1.39. The largest absolute Gasteiger partial charge is 0.481 e. The first-order valence-electron chi connectivity index (χ1n) is 8.34. The fraction of sp³-hybridized carbons (Fsp3) is 0.611. The van der Waals surface area contributed by atoms with Gasteiger partial charge in [0.05, 0.1) is 6.10 Å². The molecule has 1 fully saturated rings. The van der Waals surface area contributed by atoms with Crippen LogP contribution < -0.4 is 0 Å². The van der Waals surface area contributed by atoms with Crippen LogP contribution in [-0.2, 0) is 16.0 Å². The number of carboxylic acid groups (broad SMARTS) is 1. The van der Waals surface area contributed by atoms with E-state index in [1.807, 2.05) is 6.07 Å². The highest BCUT2D eigenvalue weighted by Crippen LogP contribution is 2.14. The summed E-state index contributed by atoms with van der Waals surface area (Å²) in [5.41, 5.74) is 1.37. The molecule has 0 aromatic heterocycles. The average molecular weight is 305 g/mol. The zero-order valence-corrected chi connectivity index (χ0v) is 13.2. The van der Waals surface area contributed by atoms with Gasteiger partial charge >= 0.3 is 5.97 Å². The van der Waals surface area contributed by atoms with Crippen molar-refractivity contribution in [3.05, 3.63) is 35.9 Å². The summed E-state index contributed by atoms with van der Waals surface area (Å²) in [4.78, 5) is 12.9. The Kier molecular flexibility index (Phi) is 7.40. The molecule has 4 nitrogen and oxygen atoms in total. The van der Waals surface area contributed by atoms with Crippen LogP contribution in [0.5, 0.6) is 0 Å². The Morgan fingerprint density at radius 1 is 1.23 bits per heavy atom. The van der Waals surface area contributed by atoms with E-state index in [1.165, 1.54) is 5.56 Å². The van der Waals surface area contributed by atoms with Crippen LogP contribution in [0.2, 0.25) is 0 Å². The maximum Gasteiger partial charge on any atom is 0.303 e. The minimum Gasteiger partial charge on any atom is -0.481 e. The van der Waals surface area contributed by atoms with E-state index in [9.17, 15) is 4.79 Å². The molecule has 1 N–H and O–H groups in total. The lowest BCUT2D eigenvalue weighted by atomic mass is 10.1. The van der Waals surface area contributed by atoms with Crippen LogP contribution in [0, 0.1) is 0 Å². The summed E-state index contributed by atoms with van der Waals surface area (Å²) in [5, 5.41) is 8.62. The van der Waals surface area contributed by atoms with Gasteiger partial charge in [0.15, 0.2) is 0 Å². The van der Waals surface area contributed by atoms with Crippen LogP contribution in [0.25, 0.3) is 0 Å². The van der Waals surface area contributed by atoms with Crippen molar-refractivity contribution in [1.82, 2.24) is 4.90 Å².